The van der Waals surface area contributed by atoms with E-state index in [2.05, 4.69) is 59.8 Å². The predicted molar refractivity (Wildman–Crippen MR) is 187 cm³/mol. The second-order valence-corrected chi connectivity index (χ2v) is 18.5. The van der Waals surface area contributed by atoms with Crippen molar-refractivity contribution >= 4 is 7.82 Å². The Kier molecular flexibility index (Phi) is 13.3. The summed E-state index contributed by atoms with van der Waals surface area (Å²) in [5, 5.41) is 0. The quantitative estimate of drug-likeness (QED) is 0.0725. The molecule has 46 heavy (non-hydrogen) atoms. The van der Waals surface area contributed by atoms with Crippen LogP contribution in [0.3, 0.4) is 0 Å². The van der Waals surface area contributed by atoms with Crippen LogP contribution in [-0.4, -0.2) is 76.2 Å². The maximum Gasteiger partial charge on any atom is 0.472 e. The Morgan fingerprint density at radius 3 is 2.37 bits per heavy atom. The first-order valence-corrected chi connectivity index (χ1v) is 20.1. The highest BCUT2D eigenvalue weighted by atomic mass is 31.2. The Morgan fingerprint density at radius 2 is 1.67 bits per heavy atom. The van der Waals surface area contributed by atoms with Gasteiger partial charge >= 0.3 is 7.82 Å². The van der Waals surface area contributed by atoms with Crippen LogP contribution in [0.5, 0.6) is 0 Å². The Bertz CT molecular complexity index is 1090. The second kappa shape index (κ2) is 16.0. The first-order chi connectivity index (χ1) is 21.6. The molecule has 10 atom stereocenters. The summed E-state index contributed by atoms with van der Waals surface area (Å²) in [7, 11) is 1.96. The molecule has 0 amide bonds. The van der Waals surface area contributed by atoms with Gasteiger partial charge in [0.1, 0.15) is 13.2 Å². The maximum atomic E-state index is 12.0. The number of nitrogens with zero attached hydrogens (tertiary/aromatic N) is 1. The zero-order chi connectivity index (χ0) is 33.8. The highest BCUT2D eigenvalue weighted by Crippen LogP contribution is 2.67. The van der Waals surface area contributed by atoms with E-state index in [1.807, 2.05) is 21.1 Å². The summed E-state index contributed by atoms with van der Waals surface area (Å²) in [6.07, 6.45) is 19.5. The molecule has 0 saturated heterocycles. The van der Waals surface area contributed by atoms with Gasteiger partial charge < -0.3 is 18.9 Å². The van der Waals surface area contributed by atoms with E-state index in [1.54, 1.807) is 5.57 Å². The van der Waals surface area contributed by atoms with Gasteiger partial charge in [-0.3, -0.25) is 9.05 Å². The van der Waals surface area contributed by atoms with Gasteiger partial charge in [0.25, 0.3) is 0 Å². The molecule has 0 radical (unpaired) electrons. The Balaban J connectivity index is 1.21. The normalized spacial score (nSPS) is 35.7. The van der Waals surface area contributed by atoms with Crippen LogP contribution in [0.25, 0.3) is 0 Å². The number of hydrogen-bond donors (Lipinski definition) is 1. The number of phosphoric acid groups is 1. The molecule has 0 heterocycles. The number of likely N-dealkylation sites (N-methyl/N-ethyl adjacent to an activating group) is 1. The third-order valence-corrected chi connectivity index (χ3v) is 13.9. The van der Waals surface area contributed by atoms with E-state index in [4.69, 9.17) is 18.5 Å². The minimum absolute atomic E-state index is 0.0171. The van der Waals surface area contributed by atoms with Gasteiger partial charge in [0.05, 0.1) is 53.7 Å². The molecule has 0 bridgehead atoms. The largest absolute Gasteiger partial charge is 0.472 e. The van der Waals surface area contributed by atoms with Crippen LogP contribution < -0.4 is 0 Å². The van der Waals surface area contributed by atoms with Crippen molar-refractivity contribution in [3.8, 4) is 0 Å². The zero-order valence-electron chi connectivity index (χ0n) is 30.8. The van der Waals surface area contributed by atoms with Gasteiger partial charge in [0.2, 0.25) is 0 Å². The van der Waals surface area contributed by atoms with E-state index >= 15 is 0 Å². The van der Waals surface area contributed by atoms with Crippen LogP contribution in [-0.2, 0) is 23.1 Å². The molecule has 4 aliphatic carbocycles. The molecule has 0 aromatic carbocycles. The minimum Gasteiger partial charge on any atom is -0.377 e. The fraction of sp³-hybridized carbons (Fsp3) is 0.895. The fourth-order valence-electron chi connectivity index (χ4n) is 10.0. The highest BCUT2D eigenvalue weighted by Gasteiger charge is 2.59. The Hall–Kier alpha value is -0.530. The van der Waals surface area contributed by atoms with E-state index in [0.29, 0.717) is 46.9 Å². The van der Waals surface area contributed by atoms with Crippen LogP contribution in [0.1, 0.15) is 99.3 Å². The predicted octanol–water partition coefficient (Wildman–Crippen LogP) is 8.68. The van der Waals surface area contributed by atoms with Gasteiger partial charge in [-0.2, -0.15) is 0 Å². The molecule has 8 heteroatoms. The molecule has 266 valence electrons. The lowest BCUT2D eigenvalue weighted by molar-refractivity contribution is -0.870. The molecular weight excluding hydrogens is 597 g/mol. The van der Waals surface area contributed by atoms with E-state index in [1.165, 1.54) is 44.9 Å². The van der Waals surface area contributed by atoms with Crippen molar-refractivity contribution in [2.75, 3.05) is 60.7 Å². The number of hydrogen-bond acceptors (Lipinski definition) is 5. The highest BCUT2D eigenvalue weighted by molar-refractivity contribution is 7.47. The number of quaternary nitrogens is 1. The zero-order valence-corrected chi connectivity index (χ0v) is 31.7. The number of phosphoric ester groups is 1. The van der Waals surface area contributed by atoms with E-state index in [0.717, 1.165) is 42.4 Å². The van der Waals surface area contributed by atoms with Gasteiger partial charge in [-0.15, -0.1) is 0 Å². The third-order valence-electron chi connectivity index (χ3n) is 12.8. The molecule has 4 aliphatic rings. The second-order valence-electron chi connectivity index (χ2n) is 17.0. The number of fused-ring (bicyclic) bond motifs is 5. The van der Waals surface area contributed by atoms with Crippen molar-refractivity contribution in [3.63, 3.8) is 0 Å². The Labute approximate surface area is 282 Å². The molecule has 7 nitrogen and oxygen atoms in total. The van der Waals surface area contributed by atoms with Crippen molar-refractivity contribution < 1.29 is 32.5 Å². The standard InChI is InChI=1S/C38H68NO6P/c1-10-30(28(2)3)12-11-29(4)34-15-16-35-33-14-13-31-27-32(17-19-37(31,5)36(33)18-20-38(34,35)6)43-25-23-42-24-26-45-46(40,41)44-22-21-39(7,8)9/h11-13,28-30,32-36H,10,14-27H2,1-9H3/p+1/b12-11+/t29-,30-,32+,33?,34-,35?,36?,37+,38-/m1/s1. The Morgan fingerprint density at radius 1 is 0.957 bits per heavy atom. The summed E-state index contributed by atoms with van der Waals surface area (Å²) >= 11 is 0. The summed E-state index contributed by atoms with van der Waals surface area (Å²) < 4.78 is 34.7. The average Bonchev–Trinajstić information content (AvgIpc) is 3.33. The number of allylic oxidation sites excluding steroid dienone is 3. The van der Waals surface area contributed by atoms with Gasteiger partial charge in [-0.1, -0.05) is 65.3 Å². The van der Waals surface area contributed by atoms with Crippen LogP contribution >= 0.6 is 7.82 Å². The number of ether oxygens (including phenoxy) is 2. The molecule has 0 aromatic rings. The van der Waals surface area contributed by atoms with Gasteiger partial charge in [-0.25, -0.2) is 4.57 Å². The summed E-state index contributed by atoms with van der Waals surface area (Å²) in [4.78, 5) is 9.84. The van der Waals surface area contributed by atoms with Crippen molar-refractivity contribution in [1.29, 1.82) is 0 Å². The SMILES string of the molecule is CC[C@H](/C=C/[C@@H](C)[C@H]1CCC2C3CC=C4C[C@@H](OCCOCCOP(=O)(O)OCC[N+](C)(C)C)CC[C@]4(C)C3CC[C@@]21C)C(C)C. The molecule has 3 fully saturated rings. The van der Waals surface area contributed by atoms with Crippen molar-refractivity contribution in [1.82, 2.24) is 0 Å². The van der Waals surface area contributed by atoms with Gasteiger partial charge in [0.15, 0.2) is 0 Å². The molecule has 0 aromatic heterocycles. The van der Waals surface area contributed by atoms with E-state index in [9.17, 15) is 9.46 Å². The maximum absolute atomic E-state index is 12.0. The van der Waals surface area contributed by atoms with Crippen LogP contribution in [0.4, 0.5) is 0 Å². The van der Waals surface area contributed by atoms with Crippen LogP contribution in [0.15, 0.2) is 23.8 Å². The first kappa shape index (κ1) is 38.3. The van der Waals surface area contributed by atoms with Crippen molar-refractivity contribution in [3.05, 3.63) is 23.8 Å². The summed E-state index contributed by atoms with van der Waals surface area (Å²) in [5.74, 6) is 5.41. The number of rotatable bonds is 17. The smallest absolute Gasteiger partial charge is 0.377 e. The summed E-state index contributed by atoms with van der Waals surface area (Å²) in [6.45, 7) is 16.8. The van der Waals surface area contributed by atoms with Crippen LogP contribution in [0.2, 0.25) is 0 Å². The lowest BCUT2D eigenvalue weighted by Crippen LogP contribution is -2.51. The summed E-state index contributed by atoms with van der Waals surface area (Å²) in [6, 6.07) is 0. The lowest BCUT2D eigenvalue weighted by Gasteiger charge is -2.58. The molecular formula is C38H69NO6P+. The van der Waals surface area contributed by atoms with Crippen molar-refractivity contribution in [2.45, 2.75) is 105 Å². The van der Waals surface area contributed by atoms with Gasteiger partial charge in [-0.05, 0) is 110 Å². The van der Waals surface area contributed by atoms with E-state index < -0.39 is 7.82 Å². The van der Waals surface area contributed by atoms with Crippen molar-refractivity contribution in [2.24, 2.45) is 52.3 Å². The topological polar surface area (TPSA) is 74.2 Å². The van der Waals surface area contributed by atoms with E-state index in [-0.39, 0.29) is 25.9 Å². The monoisotopic (exact) mass is 666 g/mol. The molecule has 0 spiro atoms. The fourth-order valence-corrected chi connectivity index (χ4v) is 10.7. The molecule has 0 aliphatic heterocycles. The molecule has 4 unspecified atom stereocenters. The first-order valence-electron chi connectivity index (χ1n) is 18.6. The van der Waals surface area contributed by atoms with Gasteiger partial charge in [0, 0.05) is 0 Å². The van der Waals surface area contributed by atoms with Crippen LogP contribution in [0, 0.1) is 52.3 Å². The molecule has 4 rings (SSSR count). The molecule has 3 saturated carbocycles. The molecule has 1 N–H and O–H groups in total. The lowest BCUT2D eigenvalue weighted by atomic mass is 9.47. The minimum atomic E-state index is -4.05. The average molecular weight is 667 g/mol. The third kappa shape index (κ3) is 9.37. The summed E-state index contributed by atoms with van der Waals surface area (Å²) in [5.41, 5.74) is 2.45.